The second-order valence-corrected chi connectivity index (χ2v) is 9.78. The number of hydrogen-bond donors (Lipinski definition) is 0. The van der Waals surface area contributed by atoms with Crippen LogP contribution in [0.15, 0.2) is 6.07 Å². The van der Waals surface area contributed by atoms with Crippen LogP contribution in [0.5, 0.6) is 0 Å². The van der Waals surface area contributed by atoms with Gasteiger partial charge in [-0.05, 0) is 38.7 Å². The van der Waals surface area contributed by atoms with E-state index in [-0.39, 0.29) is 24.2 Å². The maximum Gasteiger partial charge on any atom is 0.339 e. The van der Waals surface area contributed by atoms with Crippen molar-refractivity contribution in [2.75, 3.05) is 18.1 Å². The third-order valence-electron chi connectivity index (χ3n) is 5.29. The predicted octanol–water partition coefficient (Wildman–Crippen LogP) is 2.44. The van der Waals surface area contributed by atoms with Gasteiger partial charge in [-0.25, -0.2) is 22.9 Å². The van der Waals surface area contributed by atoms with Crippen LogP contribution in [0.25, 0.3) is 11.0 Å². The van der Waals surface area contributed by atoms with Crippen LogP contribution in [0.3, 0.4) is 0 Å². The zero-order valence-electron chi connectivity index (χ0n) is 15.7. The van der Waals surface area contributed by atoms with E-state index >= 15 is 0 Å². The first kappa shape index (κ1) is 18.9. The number of fused-ring (bicyclic) bond motifs is 1. The lowest BCUT2D eigenvalue weighted by atomic mass is 10.1. The van der Waals surface area contributed by atoms with Gasteiger partial charge in [0, 0.05) is 18.0 Å². The zero-order chi connectivity index (χ0) is 19.9. The van der Waals surface area contributed by atoms with Gasteiger partial charge in [0.15, 0.2) is 15.5 Å². The van der Waals surface area contributed by atoms with Gasteiger partial charge in [0.2, 0.25) is 0 Å². The van der Waals surface area contributed by atoms with Crippen molar-refractivity contribution in [1.29, 1.82) is 5.26 Å². The van der Waals surface area contributed by atoms with Crippen molar-refractivity contribution in [3.05, 3.63) is 23.0 Å². The van der Waals surface area contributed by atoms with Gasteiger partial charge >= 0.3 is 5.97 Å². The summed E-state index contributed by atoms with van der Waals surface area (Å²) in [6, 6.07) is 3.56. The van der Waals surface area contributed by atoms with Crippen LogP contribution < -0.4 is 0 Å². The number of pyridine rings is 1. The highest BCUT2D eigenvalue weighted by atomic mass is 32.2. The third kappa shape index (κ3) is 3.61. The molecule has 1 unspecified atom stereocenters. The molecule has 4 rings (SSSR count). The van der Waals surface area contributed by atoms with Crippen LogP contribution in [0, 0.1) is 18.3 Å². The number of nitriles is 1. The molecule has 1 atom stereocenters. The van der Waals surface area contributed by atoms with Crippen molar-refractivity contribution in [1.82, 2.24) is 14.8 Å². The molecule has 0 amide bonds. The summed E-state index contributed by atoms with van der Waals surface area (Å²) in [6.45, 7) is 1.98. The first-order chi connectivity index (χ1) is 13.4. The van der Waals surface area contributed by atoms with Gasteiger partial charge in [0.25, 0.3) is 0 Å². The topological polar surface area (TPSA) is 115 Å². The van der Waals surface area contributed by atoms with Crippen molar-refractivity contribution < 1.29 is 17.9 Å². The number of nitrogens with zero attached hydrogens (tertiary/aromatic N) is 4. The van der Waals surface area contributed by atoms with Crippen LogP contribution in [-0.2, 0) is 14.6 Å². The standard InChI is InChI=1S/C19H22N4O4S/c1-12-17-15(19(24)27-8-3-2-7-20)10-16(13-4-5-13)21-18(17)23(22-12)14-6-9-28(25,26)11-14/h10,13-14H,2-6,8-9,11H2,1H3. The fourth-order valence-electron chi connectivity index (χ4n) is 3.70. The van der Waals surface area contributed by atoms with E-state index in [0.29, 0.717) is 47.5 Å². The maximum absolute atomic E-state index is 12.7. The Labute approximate surface area is 163 Å². The van der Waals surface area contributed by atoms with E-state index in [1.54, 1.807) is 17.7 Å². The molecule has 3 heterocycles. The molecule has 2 aromatic heterocycles. The van der Waals surface area contributed by atoms with E-state index in [1.807, 2.05) is 6.07 Å². The highest BCUT2D eigenvalue weighted by Crippen LogP contribution is 2.41. The van der Waals surface area contributed by atoms with Gasteiger partial charge in [-0.3, -0.25) is 0 Å². The molecule has 8 nitrogen and oxygen atoms in total. The number of carbonyl (C=O) groups is 1. The lowest BCUT2D eigenvalue weighted by Gasteiger charge is -2.11. The fraction of sp³-hybridized carbons (Fsp3) is 0.579. The minimum Gasteiger partial charge on any atom is -0.462 e. The number of unbranched alkanes of at least 4 members (excludes halogenated alkanes) is 1. The third-order valence-corrected chi connectivity index (χ3v) is 7.04. The van der Waals surface area contributed by atoms with E-state index in [1.165, 1.54) is 0 Å². The largest absolute Gasteiger partial charge is 0.462 e. The second kappa shape index (κ2) is 7.17. The van der Waals surface area contributed by atoms with Crippen LogP contribution >= 0.6 is 0 Å². The maximum atomic E-state index is 12.7. The Bertz CT molecular complexity index is 1080. The second-order valence-electron chi connectivity index (χ2n) is 7.55. The number of aryl methyl sites for hydroxylation is 1. The molecule has 2 aliphatic rings. The van der Waals surface area contributed by atoms with Crippen molar-refractivity contribution in [3.63, 3.8) is 0 Å². The van der Waals surface area contributed by atoms with E-state index < -0.39 is 15.8 Å². The van der Waals surface area contributed by atoms with Gasteiger partial charge in [-0.2, -0.15) is 10.4 Å². The Balaban J connectivity index is 1.75. The molecule has 28 heavy (non-hydrogen) atoms. The highest BCUT2D eigenvalue weighted by Gasteiger charge is 2.34. The number of aromatic nitrogens is 3. The van der Waals surface area contributed by atoms with Crippen LogP contribution in [0.2, 0.25) is 0 Å². The Kier molecular flexibility index (Phi) is 4.83. The number of ether oxygens (including phenoxy) is 1. The molecule has 0 bridgehead atoms. The minimum atomic E-state index is -3.07. The van der Waals surface area contributed by atoms with Crippen molar-refractivity contribution >= 4 is 26.8 Å². The molecule has 0 N–H and O–H groups in total. The number of sulfone groups is 1. The molecule has 0 spiro atoms. The molecule has 1 aliphatic carbocycles. The average Bonchev–Trinajstić information content (AvgIpc) is 3.38. The smallest absolute Gasteiger partial charge is 0.339 e. The van der Waals surface area contributed by atoms with Gasteiger partial charge in [0.05, 0.1) is 46.9 Å². The molecule has 2 fully saturated rings. The summed E-state index contributed by atoms with van der Waals surface area (Å²) in [5.74, 6) is 0.0696. The Hall–Kier alpha value is -2.47. The van der Waals surface area contributed by atoms with Gasteiger partial charge in [0.1, 0.15) is 0 Å². The summed E-state index contributed by atoms with van der Waals surface area (Å²) in [4.78, 5) is 17.5. The predicted molar refractivity (Wildman–Crippen MR) is 102 cm³/mol. The minimum absolute atomic E-state index is 0.0481. The van der Waals surface area contributed by atoms with Crippen molar-refractivity contribution in [2.24, 2.45) is 0 Å². The summed E-state index contributed by atoms with van der Waals surface area (Å²) in [7, 11) is -3.07. The molecular weight excluding hydrogens is 380 g/mol. The molecule has 1 aliphatic heterocycles. The molecule has 0 radical (unpaired) electrons. The molecular formula is C19H22N4O4S. The number of carbonyl (C=O) groups excluding carboxylic acids is 1. The first-order valence-corrected chi connectivity index (χ1v) is 11.4. The van der Waals surface area contributed by atoms with E-state index in [2.05, 4.69) is 5.10 Å². The number of esters is 1. The van der Waals surface area contributed by atoms with Crippen LogP contribution in [-0.4, -0.2) is 47.3 Å². The van der Waals surface area contributed by atoms with Crippen molar-refractivity contribution in [2.45, 2.75) is 51.0 Å². The summed E-state index contributed by atoms with van der Waals surface area (Å²) < 4.78 is 30.9. The lowest BCUT2D eigenvalue weighted by molar-refractivity contribution is 0.0503. The highest BCUT2D eigenvalue weighted by molar-refractivity contribution is 7.91. The molecule has 148 valence electrons. The molecule has 2 aromatic rings. The average molecular weight is 402 g/mol. The summed E-state index contributed by atoms with van der Waals surface area (Å²) in [5.41, 5.74) is 2.46. The molecule has 1 saturated heterocycles. The fourth-order valence-corrected chi connectivity index (χ4v) is 5.39. The van der Waals surface area contributed by atoms with Crippen LogP contribution in [0.4, 0.5) is 0 Å². The summed E-state index contributed by atoms with van der Waals surface area (Å²) in [6.07, 6.45) is 3.38. The van der Waals surface area contributed by atoms with Crippen molar-refractivity contribution in [3.8, 4) is 6.07 Å². The summed E-state index contributed by atoms with van der Waals surface area (Å²) in [5, 5.41) is 13.8. The number of rotatable bonds is 6. The van der Waals surface area contributed by atoms with Gasteiger partial charge in [-0.15, -0.1) is 0 Å². The molecule has 1 saturated carbocycles. The van der Waals surface area contributed by atoms with E-state index in [9.17, 15) is 13.2 Å². The molecule has 0 aromatic carbocycles. The summed E-state index contributed by atoms with van der Waals surface area (Å²) >= 11 is 0. The SMILES string of the molecule is Cc1nn(C2CCS(=O)(=O)C2)c2nc(C3CC3)cc(C(=O)OCCCC#N)c12. The Morgan fingerprint density at radius 2 is 2.18 bits per heavy atom. The van der Waals surface area contributed by atoms with Crippen LogP contribution in [0.1, 0.15) is 65.8 Å². The van der Waals surface area contributed by atoms with Gasteiger partial charge in [-0.1, -0.05) is 0 Å². The Morgan fingerprint density at radius 1 is 1.39 bits per heavy atom. The normalized spacial score (nSPS) is 20.9. The van der Waals surface area contributed by atoms with E-state index in [0.717, 1.165) is 18.5 Å². The lowest BCUT2D eigenvalue weighted by Crippen LogP contribution is -2.14. The quantitative estimate of drug-likeness (QED) is 0.538. The molecule has 9 heteroatoms. The van der Waals surface area contributed by atoms with E-state index in [4.69, 9.17) is 15.0 Å². The zero-order valence-corrected chi connectivity index (χ0v) is 16.5. The number of hydrogen-bond acceptors (Lipinski definition) is 7. The van der Waals surface area contributed by atoms with Gasteiger partial charge < -0.3 is 4.74 Å². The monoisotopic (exact) mass is 402 g/mol. The first-order valence-electron chi connectivity index (χ1n) is 9.54. The Morgan fingerprint density at radius 3 is 2.82 bits per heavy atom.